The first kappa shape index (κ1) is 15.6. The fraction of sp³-hybridized carbons (Fsp3) is 0.214. The quantitative estimate of drug-likeness (QED) is 0.782. The predicted molar refractivity (Wildman–Crippen MR) is 86.9 cm³/mol. The van der Waals surface area contributed by atoms with Gasteiger partial charge >= 0.3 is 0 Å². The molecule has 1 N–H and O–H groups in total. The SMILES string of the molecule is Cc1nc(C)c(CNC(=O)c2ccc(-n3cnnn3)cc2Cl)s1. The van der Waals surface area contributed by atoms with E-state index in [2.05, 4.69) is 25.8 Å². The number of tetrazole rings is 1. The summed E-state index contributed by atoms with van der Waals surface area (Å²) in [4.78, 5) is 17.7. The number of rotatable bonds is 4. The van der Waals surface area contributed by atoms with Crippen molar-refractivity contribution in [3.05, 3.63) is 50.7 Å². The van der Waals surface area contributed by atoms with Crippen LogP contribution in [0.1, 0.15) is 25.9 Å². The summed E-state index contributed by atoms with van der Waals surface area (Å²) in [6.45, 7) is 4.30. The third kappa shape index (κ3) is 3.38. The lowest BCUT2D eigenvalue weighted by Gasteiger charge is -2.07. The number of halogens is 1. The van der Waals surface area contributed by atoms with Gasteiger partial charge < -0.3 is 5.32 Å². The molecule has 7 nitrogen and oxygen atoms in total. The van der Waals surface area contributed by atoms with Crippen LogP contribution in [0.2, 0.25) is 5.02 Å². The van der Waals surface area contributed by atoms with Crippen LogP contribution < -0.4 is 5.32 Å². The molecular weight excluding hydrogens is 336 g/mol. The minimum atomic E-state index is -0.233. The Morgan fingerprint density at radius 1 is 1.39 bits per heavy atom. The van der Waals surface area contributed by atoms with Crippen molar-refractivity contribution >= 4 is 28.8 Å². The molecule has 118 valence electrons. The van der Waals surface area contributed by atoms with Gasteiger partial charge in [-0.3, -0.25) is 4.79 Å². The lowest BCUT2D eigenvalue weighted by molar-refractivity contribution is 0.0951. The number of aryl methyl sites for hydroxylation is 2. The van der Waals surface area contributed by atoms with Crippen LogP contribution >= 0.6 is 22.9 Å². The van der Waals surface area contributed by atoms with Gasteiger partial charge in [0.1, 0.15) is 6.33 Å². The normalized spacial score (nSPS) is 10.7. The molecule has 3 rings (SSSR count). The monoisotopic (exact) mass is 348 g/mol. The zero-order valence-corrected chi connectivity index (χ0v) is 14.0. The maximum atomic E-state index is 12.3. The summed E-state index contributed by atoms with van der Waals surface area (Å²) in [5, 5.41) is 15.1. The van der Waals surface area contributed by atoms with E-state index in [1.807, 2.05) is 13.8 Å². The molecule has 0 atom stereocenters. The lowest BCUT2D eigenvalue weighted by Crippen LogP contribution is -2.23. The number of carbonyl (C=O) groups excluding carboxylic acids is 1. The van der Waals surface area contributed by atoms with Crippen molar-refractivity contribution < 1.29 is 4.79 Å². The molecule has 0 radical (unpaired) electrons. The third-order valence-corrected chi connectivity index (χ3v) is 4.61. The smallest absolute Gasteiger partial charge is 0.253 e. The van der Waals surface area contributed by atoms with Crippen molar-refractivity contribution in [3.63, 3.8) is 0 Å². The van der Waals surface area contributed by atoms with E-state index in [4.69, 9.17) is 11.6 Å². The number of nitrogens with one attached hydrogen (secondary N) is 1. The van der Waals surface area contributed by atoms with Crippen LogP contribution in [0.25, 0.3) is 5.69 Å². The van der Waals surface area contributed by atoms with Crippen LogP contribution in [0.4, 0.5) is 0 Å². The first-order valence-electron chi connectivity index (χ1n) is 6.78. The Morgan fingerprint density at radius 2 is 2.22 bits per heavy atom. The van der Waals surface area contributed by atoms with Crippen molar-refractivity contribution in [1.29, 1.82) is 0 Å². The van der Waals surface area contributed by atoms with Gasteiger partial charge in [-0.25, -0.2) is 9.67 Å². The summed E-state index contributed by atoms with van der Waals surface area (Å²) in [7, 11) is 0. The summed E-state index contributed by atoms with van der Waals surface area (Å²) in [6.07, 6.45) is 1.46. The van der Waals surface area contributed by atoms with Crippen LogP contribution in [0.5, 0.6) is 0 Å². The van der Waals surface area contributed by atoms with E-state index >= 15 is 0 Å². The maximum absolute atomic E-state index is 12.3. The van der Waals surface area contributed by atoms with E-state index in [1.165, 1.54) is 11.0 Å². The Hall–Kier alpha value is -2.32. The Balaban J connectivity index is 1.73. The molecule has 3 aromatic rings. The third-order valence-electron chi connectivity index (χ3n) is 3.22. The molecule has 0 saturated heterocycles. The molecule has 2 heterocycles. The predicted octanol–water partition coefficient (Wildman–Crippen LogP) is 2.32. The average molecular weight is 349 g/mol. The number of aromatic nitrogens is 5. The number of amides is 1. The van der Waals surface area contributed by atoms with E-state index in [-0.39, 0.29) is 5.91 Å². The molecule has 1 aromatic carbocycles. The van der Waals surface area contributed by atoms with Crippen molar-refractivity contribution in [1.82, 2.24) is 30.5 Å². The second-order valence-electron chi connectivity index (χ2n) is 4.84. The van der Waals surface area contributed by atoms with Crippen LogP contribution in [-0.2, 0) is 6.54 Å². The van der Waals surface area contributed by atoms with Gasteiger partial charge in [0.25, 0.3) is 5.91 Å². The highest BCUT2D eigenvalue weighted by molar-refractivity contribution is 7.11. The highest BCUT2D eigenvalue weighted by Crippen LogP contribution is 2.21. The number of hydrogen-bond acceptors (Lipinski definition) is 6. The van der Waals surface area contributed by atoms with Crippen LogP contribution in [0.3, 0.4) is 0 Å². The molecule has 0 bridgehead atoms. The summed E-state index contributed by atoms with van der Waals surface area (Å²) < 4.78 is 1.47. The molecule has 2 aromatic heterocycles. The highest BCUT2D eigenvalue weighted by atomic mass is 35.5. The molecule has 0 unspecified atom stereocenters. The zero-order chi connectivity index (χ0) is 16.4. The highest BCUT2D eigenvalue weighted by Gasteiger charge is 2.13. The fourth-order valence-corrected chi connectivity index (χ4v) is 3.24. The summed E-state index contributed by atoms with van der Waals surface area (Å²) in [5.41, 5.74) is 2.03. The number of hydrogen-bond donors (Lipinski definition) is 1. The molecule has 0 saturated carbocycles. The minimum Gasteiger partial charge on any atom is -0.347 e. The number of carbonyl (C=O) groups is 1. The first-order valence-corrected chi connectivity index (χ1v) is 7.98. The Labute approximate surface area is 141 Å². The summed E-state index contributed by atoms with van der Waals surface area (Å²) in [5.74, 6) is -0.233. The largest absolute Gasteiger partial charge is 0.347 e. The van der Waals surface area contributed by atoms with Crippen molar-refractivity contribution in [2.24, 2.45) is 0 Å². The molecular formula is C14H13ClN6OS. The lowest BCUT2D eigenvalue weighted by atomic mass is 10.2. The van der Waals surface area contributed by atoms with E-state index < -0.39 is 0 Å². The Kier molecular flexibility index (Phi) is 4.35. The first-order chi connectivity index (χ1) is 11.0. The van der Waals surface area contributed by atoms with Gasteiger partial charge in [0, 0.05) is 4.88 Å². The van der Waals surface area contributed by atoms with Gasteiger partial charge in [-0.1, -0.05) is 11.6 Å². The van der Waals surface area contributed by atoms with Crippen LogP contribution in [0.15, 0.2) is 24.5 Å². The van der Waals surface area contributed by atoms with Gasteiger partial charge in [0.15, 0.2) is 0 Å². The summed E-state index contributed by atoms with van der Waals surface area (Å²) >= 11 is 7.78. The zero-order valence-electron chi connectivity index (χ0n) is 12.4. The van der Waals surface area contributed by atoms with Crippen molar-refractivity contribution in [2.45, 2.75) is 20.4 Å². The Morgan fingerprint density at radius 3 is 2.83 bits per heavy atom. The fourth-order valence-electron chi connectivity index (χ4n) is 2.10. The molecule has 0 aliphatic carbocycles. The molecule has 0 aliphatic rings. The van der Waals surface area contributed by atoms with Crippen LogP contribution in [-0.4, -0.2) is 31.1 Å². The van der Waals surface area contributed by atoms with Gasteiger partial charge in [0.05, 0.1) is 33.5 Å². The maximum Gasteiger partial charge on any atom is 0.253 e. The standard InChI is InChI=1S/C14H13ClN6OS/c1-8-13(23-9(2)18-8)6-16-14(22)11-4-3-10(5-12(11)15)21-7-17-19-20-21/h3-5,7H,6H2,1-2H3,(H,16,22). The molecule has 0 aliphatic heterocycles. The molecule has 0 spiro atoms. The molecule has 9 heteroatoms. The Bertz CT molecular complexity index is 845. The van der Waals surface area contributed by atoms with Crippen LogP contribution in [0, 0.1) is 13.8 Å². The van der Waals surface area contributed by atoms with Gasteiger partial charge in [-0.05, 0) is 42.5 Å². The van der Waals surface area contributed by atoms with Gasteiger partial charge in [0.2, 0.25) is 0 Å². The van der Waals surface area contributed by atoms with Gasteiger partial charge in [-0.15, -0.1) is 16.4 Å². The minimum absolute atomic E-state index is 0.233. The van der Waals surface area contributed by atoms with E-state index in [9.17, 15) is 4.79 Å². The van der Waals surface area contributed by atoms with Crippen molar-refractivity contribution in [3.8, 4) is 5.69 Å². The van der Waals surface area contributed by atoms with E-state index in [0.717, 1.165) is 15.6 Å². The van der Waals surface area contributed by atoms with E-state index in [0.29, 0.717) is 22.8 Å². The second-order valence-corrected chi connectivity index (χ2v) is 6.54. The topological polar surface area (TPSA) is 85.6 Å². The molecule has 0 fully saturated rings. The van der Waals surface area contributed by atoms with E-state index in [1.54, 1.807) is 29.5 Å². The molecule has 1 amide bonds. The number of benzene rings is 1. The number of nitrogens with zero attached hydrogens (tertiary/aromatic N) is 5. The summed E-state index contributed by atoms with van der Waals surface area (Å²) in [6, 6.07) is 5.04. The second kappa shape index (κ2) is 6.43. The molecule has 23 heavy (non-hydrogen) atoms. The number of thiazole rings is 1. The average Bonchev–Trinajstić information content (AvgIpc) is 3.14. The van der Waals surface area contributed by atoms with Crippen molar-refractivity contribution in [2.75, 3.05) is 0 Å². The van der Waals surface area contributed by atoms with Gasteiger partial charge in [-0.2, -0.15) is 0 Å².